The van der Waals surface area contributed by atoms with Crippen LogP contribution in [0.15, 0.2) is 152 Å². The Morgan fingerprint density at radius 1 is 0.340 bits per heavy atom. The highest BCUT2D eigenvalue weighted by Crippen LogP contribution is 2.49. The van der Waals surface area contributed by atoms with E-state index in [0.717, 1.165) is 0 Å². The minimum atomic E-state index is 0.412. The second kappa shape index (κ2) is 12.9. The first-order valence-electron chi connectivity index (χ1n) is 19.0. The summed E-state index contributed by atoms with van der Waals surface area (Å²) in [5.41, 5.74) is 16.8. The summed E-state index contributed by atoms with van der Waals surface area (Å²) in [6.07, 6.45) is 0. The lowest BCUT2D eigenvalue weighted by Gasteiger charge is -2.22. The van der Waals surface area contributed by atoms with E-state index in [1.165, 1.54) is 115 Å². The van der Waals surface area contributed by atoms with E-state index in [9.17, 15) is 0 Å². The van der Waals surface area contributed by atoms with Crippen LogP contribution in [0, 0.1) is 27.7 Å². The number of fused-ring (bicyclic) bond motifs is 5. The van der Waals surface area contributed by atoms with Gasteiger partial charge in [0.2, 0.25) is 0 Å². The molecule has 0 aliphatic carbocycles. The molecule has 0 heterocycles. The SMILES string of the molecule is Cc1cc2c(-c3ccccc3)c3cc(C)c(C)cc3c(-c3cc4cccc(-c5cc(-c6ccccc6)cc(C(C)C)c5)c4c4ccccc34)c2cc1C. The van der Waals surface area contributed by atoms with Crippen LogP contribution in [0.5, 0.6) is 0 Å². The van der Waals surface area contributed by atoms with Crippen LogP contribution in [0.1, 0.15) is 47.6 Å². The van der Waals surface area contributed by atoms with Crippen LogP contribution in [-0.4, -0.2) is 0 Å². The molecule has 0 aliphatic rings. The van der Waals surface area contributed by atoms with Crippen molar-refractivity contribution in [2.45, 2.75) is 47.5 Å². The second-order valence-electron chi connectivity index (χ2n) is 15.3. The van der Waals surface area contributed by atoms with Gasteiger partial charge in [0.1, 0.15) is 0 Å². The molecule has 0 spiro atoms. The van der Waals surface area contributed by atoms with Gasteiger partial charge in [-0.3, -0.25) is 0 Å². The van der Waals surface area contributed by atoms with Crippen molar-refractivity contribution >= 4 is 43.1 Å². The predicted octanol–water partition coefficient (Wildman–Crippen LogP) is 15.3. The summed E-state index contributed by atoms with van der Waals surface area (Å²) in [5.74, 6) is 0.412. The molecule has 0 amide bonds. The lowest BCUT2D eigenvalue weighted by atomic mass is 9.81. The molecule has 53 heavy (non-hydrogen) atoms. The van der Waals surface area contributed by atoms with Gasteiger partial charge in [-0.25, -0.2) is 0 Å². The zero-order valence-electron chi connectivity index (χ0n) is 31.5. The third-order valence-electron chi connectivity index (χ3n) is 11.6. The normalized spacial score (nSPS) is 11.8. The number of aryl methyl sites for hydroxylation is 4. The van der Waals surface area contributed by atoms with Crippen molar-refractivity contribution in [1.82, 2.24) is 0 Å². The van der Waals surface area contributed by atoms with Gasteiger partial charge in [0, 0.05) is 0 Å². The van der Waals surface area contributed by atoms with Gasteiger partial charge in [0.25, 0.3) is 0 Å². The molecular weight excluding hydrogens is 637 g/mol. The Morgan fingerprint density at radius 2 is 0.849 bits per heavy atom. The van der Waals surface area contributed by atoms with E-state index < -0.39 is 0 Å². The van der Waals surface area contributed by atoms with E-state index in [0.29, 0.717) is 5.92 Å². The van der Waals surface area contributed by atoms with Gasteiger partial charge in [-0.05, 0) is 161 Å². The Bertz CT molecular complexity index is 2800. The molecular formula is C53H44. The quantitative estimate of drug-likeness (QED) is 0.125. The Morgan fingerprint density at radius 3 is 1.43 bits per heavy atom. The summed E-state index contributed by atoms with van der Waals surface area (Å²) < 4.78 is 0. The standard InChI is InChI=1S/C53H44/c1-32(2)40-28-41(37-16-9-7-10-17-37)30-42(29-40)43-23-15-20-39-31-50(44-21-13-14-22-45(44)52(39)43)53-48-26-35(5)33(3)24-46(48)51(38-18-11-8-12-19-38)47-25-34(4)36(6)27-49(47)53/h7-32H,1-6H3. The summed E-state index contributed by atoms with van der Waals surface area (Å²) in [4.78, 5) is 0. The van der Waals surface area contributed by atoms with Crippen LogP contribution in [0.25, 0.3) is 87.6 Å². The van der Waals surface area contributed by atoms with Gasteiger partial charge < -0.3 is 0 Å². The minimum Gasteiger partial charge on any atom is -0.0622 e. The van der Waals surface area contributed by atoms with Crippen molar-refractivity contribution in [3.63, 3.8) is 0 Å². The average molecular weight is 681 g/mol. The molecule has 256 valence electrons. The van der Waals surface area contributed by atoms with Crippen molar-refractivity contribution in [3.8, 4) is 44.5 Å². The fourth-order valence-electron chi connectivity index (χ4n) is 8.50. The fourth-order valence-corrected chi connectivity index (χ4v) is 8.50. The molecule has 0 saturated heterocycles. The Kier molecular flexibility index (Phi) is 8.01. The van der Waals surface area contributed by atoms with E-state index in [2.05, 4.69) is 193 Å². The van der Waals surface area contributed by atoms with Crippen LogP contribution in [0.4, 0.5) is 0 Å². The molecule has 0 radical (unpaired) electrons. The molecule has 0 aromatic heterocycles. The van der Waals surface area contributed by atoms with Gasteiger partial charge in [-0.2, -0.15) is 0 Å². The molecule has 0 nitrogen and oxygen atoms in total. The summed E-state index contributed by atoms with van der Waals surface area (Å²) >= 11 is 0. The van der Waals surface area contributed by atoms with E-state index >= 15 is 0 Å². The van der Waals surface area contributed by atoms with E-state index in [1.54, 1.807) is 0 Å². The summed E-state index contributed by atoms with van der Waals surface area (Å²) in [7, 11) is 0. The van der Waals surface area contributed by atoms with Gasteiger partial charge >= 0.3 is 0 Å². The first-order valence-corrected chi connectivity index (χ1v) is 19.0. The van der Waals surface area contributed by atoms with Crippen LogP contribution in [0.3, 0.4) is 0 Å². The molecule has 0 heteroatoms. The molecule has 9 aromatic carbocycles. The highest BCUT2D eigenvalue weighted by molar-refractivity contribution is 6.27. The molecule has 0 atom stereocenters. The Labute approximate surface area is 313 Å². The summed E-state index contributed by atoms with van der Waals surface area (Å²) in [5, 5.41) is 10.4. The summed E-state index contributed by atoms with van der Waals surface area (Å²) in [6.45, 7) is 13.6. The minimum absolute atomic E-state index is 0.412. The van der Waals surface area contributed by atoms with Gasteiger partial charge in [0.15, 0.2) is 0 Å². The smallest absolute Gasteiger partial charge is 0.00197 e. The maximum absolute atomic E-state index is 2.48. The van der Waals surface area contributed by atoms with Gasteiger partial charge in [-0.15, -0.1) is 0 Å². The van der Waals surface area contributed by atoms with Crippen molar-refractivity contribution in [1.29, 1.82) is 0 Å². The van der Waals surface area contributed by atoms with E-state index in [1.807, 2.05) is 0 Å². The van der Waals surface area contributed by atoms with Crippen LogP contribution >= 0.6 is 0 Å². The Balaban J connectivity index is 1.41. The molecule has 0 fully saturated rings. The lowest BCUT2D eigenvalue weighted by molar-refractivity contribution is 0.867. The van der Waals surface area contributed by atoms with Crippen LogP contribution < -0.4 is 0 Å². The van der Waals surface area contributed by atoms with Crippen molar-refractivity contribution in [2.75, 3.05) is 0 Å². The number of hydrogen-bond donors (Lipinski definition) is 0. The largest absolute Gasteiger partial charge is 0.0622 e. The summed E-state index contributed by atoms with van der Waals surface area (Å²) in [6, 6.07) is 57.1. The topological polar surface area (TPSA) is 0 Å². The maximum Gasteiger partial charge on any atom is -0.00197 e. The third-order valence-corrected chi connectivity index (χ3v) is 11.6. The third kappa shape index (κ3) is 5.53. The second-order valence-corrected chi connectivity index (χ2v) is 15.3. The van der Waals surface area contributed by atoms with Crippen molar-refractivity contribution < 1.29 is 0 Å². The molecule has 0 bridgehead atoms. The monoisotopic (exact) mass is 680 g/mol. The number of hydrogen-bond acceptors (Lipinski definition) is 0. The highest BCUT2D eigenvalue weighted by Gasteiger charge is 2.22. The molecule has 9 aromatic rings. The molecule has 9 rings (SSSR count). The van der Waals surface area contributed by atoms with Gasteiger partial charge in [-0.1, -0.05) is 153 Å². The van der Waals surface area contributed by atoms with Crippen LogP contribution in [0.2, 0.25) is 0 Å². The fraction of sp³-hybridized carbons (Fsp3) is 0.132. The number of rotatable bonds is 5. The zero-order valence-corrected chi connectivity index (χ0v) is 31.5. The number of benzene rings is 9. The van der Waals surface area contributed by atoms with Crippen LogP contribution in [-0.2, 0) is 0 Å². The van der Waals surface area contributed by atoms with E-state index in [-0.39, 0.29) is 0 Å². The maximum atomic E-state index is 2.48. The lowest BCUT2D eigenvalue weighted by Crippen LogP contribution is -1.96. The zero-order chi connectivity index (χ0) is 36.4. The van der Waals surface area contributed by atoms with Crippen molar-refractivity contribution in [2.24, 2.45) is 0 Å². The van der Waals surface area contributed by atoms with Gasteiger partial charge in [0.05, 0.1) is 0 Å². The van der Waals surface area contributed by atoms with Crippen molar-refractivity contribution in [3.05, 3.63) is 179 Å². The molecule has 0 saturated carbocycles. The average Bonchev–Trinajstić information content (AvgIpc) is 3.18. The molecule has 0 N–H and O–H groups in total. The highest BCUT2D eigenvalue weighted by atomic mass is 14.2. The molecule has 0 aliphatic heterocycles. The first kappa shape index (κ1) is 32.9. The molecule has 0 unspecified atom stereocenters. The Hall–Kier alpha value is -5.98. The first-order chi connectivity index (χ1) is 25.8. The predicted molar refractivity (Wildman–Crippen MR) is 231 cm³/mol. The van der Waals surface area contributed by atoms with E-state index in [4.69, 9.17) is 0 Å².